The fourth-order valence-electron chi connectivity index (χ4n) is 3.31. The Kier molecular flexibility index (Phi) is 4.42. The molecule has 1 aliphatic heterocycles. The minimum Gasteiger partial charge on any atom is -0.361 e. The Morgan fingerprint density at radius 2 is 1.81 bits per heavy atom. The van der Waals surface area contributed by atoms with Gasteiger partial charge in [0.15, 0.2) is 5.82 Å². The quantitative estimate of drug-likeness (QED) is 0.709. The molecule has 3 aromatic rings. The zero-order valence-corrected chi connectivity index (χ0v) is 15.4. The van der Waals surface area contributed by atoms with Crippen LogP contribution in [0.25, 0.3) is 5.82 Å². The maximum atomic E-state index is 5.28. The molecular weight excluding hydrogens is 330 g/mol. The predicted molar refractivity (Wildman–Crippen MR) is 97.4 cm³/mol. The van der Waals surface area contributed by atoms with Gasteiger partial charge in [0, 0.05) is 56.7 Å². The third kappa shape index (κ3) is 3.32. The maximum absolute atomic E-state index is 5.28. The van der Waals surface area contributed by atoms with Gasteiger partial charge in [-0.25, -0.2) is 14.6 Å². The van der Waals surface area contributed by atoms with Crippen molar-refractivity contribution in [1.82, 2.24) is 29.8 Å². The number of aryl methyl sites for hydroxylation is 3. The van der Waals surface area contributed by atoms with E-state index in [-0.39, 0.29) is 0 Å². The van der Waals surface area contributed by atoms with E-state index in [0.717, 1.165) is 61.6 Å². The number of rotatable bonds is 4. The standard InChI is InChI=1S/C18H23N7O/c1-13-16(14(2)26-22-13)12-23-7-9-24(10-8-23)17-11-18(21-15(3)20-17)25-6-4-5-19-25/h4-6,11H,7-10,12H2,1-3H3. The highest BCUT2D eigenvalue weighted by atomic mass is 16.5. The lowest BCUT2D eigenvalue weighted by Gasteiger charge is -2.35. The highest BCUT2D eigenvalue weighted by Gasteiger charge is 2.21. The molecule has 0 aliphatic carbocycles. The van der Waals surface area contributed by atoms with Crippen LogP contribution < -0.4 is 4.90 Å². The minimum atomic E-state index is 0.756. The molecular formula is C18H23N7O. The fourth-order valence-corrected chi connectivity index (χ4v) is 3.31. The van der Waals surface area contributed by atoms with Crippen LogP contribution in [0.15, 0.2) is 29.0 Å². The van der Waals surface area contributed by atoms with Gasteiger partial charge in [-0.2, -0.15) is 5.10 Å². The summed E-state index contributed by atoms with van der Waals surface area (Å²) in [5, 5.41) is 8.32. The first kappa shape index (κ1) is 16.7. The van der Waals surface area contributed by atoms with E-state index >= 15 is 0 Å². The number of anilines is 1. The van der Waals surface area contributed by atoms with Crippen LogP contribution in [0, 0.1) is 20.8 Å². The molecule has 1 aliphatic rings. The van der Waals surface area contributed by atoms with E-state index in [9.17, 15) is 0 Å². The fraction of sp³-hybridized carbons (Fsp3) is 0.444. The molecule has 0 N–H and O–H groups in total. The molecule has 0 saturated carbocycles. The van der Waals surface area contributed by atoms with E-state index in [2.05, 4.69) is 30.0 Å². The highest BCUT2D eigenvalue weighted by Crippen LogP contribution is 2.20. The average Bonchev–Trinajstić information content (AvgIpc) is 3.28. The molecule has 0 bridgehead atoms. The zero-order chi connectivity index (χ0) is 18.1. The van der Waals surface area contributed by atoms with Crippen LogP contribution in [0.1, 0.15) is 22.8 Å². The topological polar surface area (TPSA) is 76.1 Å². The molecule has 0 radical (unpaired) electrons. The average molecular weight is 353 g/mol. The number of nitrogens with zero attached hydrogens (tertiary/aromatic N) is 7. The lowest BCUT2D eigenvalue weighted by atomic mass is 10.2. The Hall–Kier alpha value is -2.74. The third-order valence-electron chi connectivity index (χ3n) is 4.81. The molecule has 3 aromatic heterocycles. The number of aromatic nitrogens is 5. The van der Waals surface area contributed by atoms with Gasteiger partial charge in [-0.1, -0.05) is 5.16 Å². The van der Waals surface area contributed by atoms with Crippen molar-refractivity contribution >= 4 is 5.82 Å². The number of hydrogen-bond acceptors (Lipinski definition) is 7. The Morgan fingerprint density at radius 3 is 2.46 bits per heavy atom. The van der Waals surface area contributed by atoms with Crippen LogP contribution >= 0.6 is 0 Å². The van der Waals surface area contributed by atoms with Gasteiger partial charge in [0.05, 0.1) is 5.69 Å². The maximum Gasteiger partial charge on any atom is 0.159 e. The van der Waals surface area contributed by atoms with Crippen LogP contribution in [-0.2, 0) is 6.54 Å². The molecule has 0 spiro atoms. The second-order valence-corrected chi connectivity index (χ2v) is 6.65. The van der Waals surface area contributed by atoms with Crippen molar-refractivity contribution in [3.05, 3.63) is 47.4 Å². The van der Waals surface area contributed by atoms with Gasteiger partial charge in [0.1, 0.15) is 17.4 Å². The van der Waals surface area contributed by atoms with Crippen LogP contribution in [0.5, 0.6) is 0 Å². The molecule has 0 atom stereocenters. The molecule has 1 fully saturated rings. The van der Waals surface area contributed by atoms with Crippen LogP contribution in [0.4, 0.5) is 5.82 Å². The molecule has 4 heterocycles. The molecule has 136 valence electrons. The summed E-state index contributed by atoms with van der Waals surface area (Å²) in [6.45, 7) is 10.6. The molecule has 8 nitrogen and oxygen atoms in total. The van der Waals surface area contributed by atoms with E-state index in [1.165, 1.54) is 5.56 Å². The summed E-state index contributed by atoms with van der Waals surface area (Å²) < 4.78 is 7.05. The predicted octanol–water partition coefficient (Wildman–Crippen LogP) is 1.90. The van der Waals surface area contributed by atoms with Gasteiger partial charge in [0.25, 0.3) is 0 Å². The van der Waals surface area contributed by atoms with E-state index in [1.54, 1.807) is 10.9 Å². The SMILES string of the molecule is Cc1nc(N2CCN(Cc3c(C)noc3C)CC2)cc(-n2cccn2)n1. The molecule has 0 aromatic carbocycles. The third-order valence-corrected chi connectivity index (χ3v) is 4.81. The summed E-state index contributed by atoms with van der Waals surface area (Å²) >= 11 is 0. The van der Waals surface area contributed by atoms with Gasteiger partial charge < -0.3 is 9.42 Å². The summed E-state index contributed by atoms with van der Waals surface area (Å²) in [6, 6.07) is 3.90. The highest BCUT2D eigenvalue weighted by molar-refractivity contribution is 5.44. The van der Waals surface area contributed by atoms with Crippen LogP contribution in [0.2, 0.25) is 0 Å². The van der Waals surface area contributed by atoms with Gasteiger partial charge >= 0.3 is 0 Å². The molecule has 8 heteroatoms. The Morgan fingerprint density at radius 1 is 1.04 bits per heavy atom. The van der Waals surface area contributed by atoms with Gasteiger partial charge in [-0.3, -0.25) is 4.90 Å². The van der Waals surface area contributed by atoms with Gasteiger partial charge in [-0.15, -0.1) is 0 Å². The smallest absolute Gasteiger partial charge is 0.159 e. The number of piperazine rings is 1. The van der Waals surface area contributed by atoms with Crippen LogP contribution in [-0.4, -0.2) is 56.0 Å². The van der Waals surface area contributed by atoms with Crippen molar-refractivity contribution in [2.24, 2.45) is 0 Å². The van der Waals surface area contributed by atoms with Crippen molar-refractivity contribution in [3.63, 3.8) is 0 Å². The largest absolute Gasteiger partial charge is 0.361 e. The van der Waals surface area contributed by atoms with E-state index in [4.69, 9.17) is 4.52 Å². The second-order valence-electron chi connectivity index (χ2n) is 6.65. The monoisotopic (exact) mass is 353 g/mol. The van der Waals surface area contributed by atoms with Crippen molar-refractivity contribution in [2.75, 3.05) is 31.1 Å². The summed E-state index contributed by atoms with van der Waals surface area (Å²) in [4.78, 5) is 13.9. The van der Waals surface area contributed by atoms with Gasteiger partial charge in [-0.05, 0) is 26.8 Å². The first-order valence-electron chi connectivity index (χ1n) is 8.85. The van der Waals surface area contributed by atoms with Crippen molar-refractivity contribution in [1.29, 1.82) is 0 Å². The number of hydrogen-bond donors (Lipinski definition) is 0. The van der Waals surface area contributed by atoms with E-state index < -0.39 is 0 Å². The molecule has 0 unspecified atom stereocenters. The zero-order valence-electron chi connectivity index (χ0n) is 15.4. The second kappa shape index (κ2) is 6.87. The van der Waals surface area contributed by atoms with E-state index in [1.807, 2.05) is 39.1 Å². The van der Waals surface area contributed by atoms with Crippen molar-refractivity contribution < 1.29 is 4.52 Å². The Balaban J connectivity index is 1.45. The van der Waals surface area contributed by atoms with Crippen LogP contribution in [0.3, 0.4) is 0 Å². The lowest BCUT2D eigenvalue weighted by Crippen LogP contribution is -2.46. The molecule has 1 saturated heterocycles. The van der Waals surface area contributed by atoms with Gasteiger partial charge in [0.2, 0.25) is 0 Å². The first-order valence-corrected chi connectivity index (χ1v) is 8.85. The van der Waals surface area contributed by atoms with Crippen molar-refractivity contribution in [3.8, 4) is 5.82 Å². The lowest BCUT2D eigenvalue weighted by molar-refractivity contribution is 0.247. The summed E-state index contributed by atoms with van der Waals surface area (Å²) in [6.07, 6.45) is 3.65. The first-order chi connectivity index (χ1) is 12.6. The Bertz CT molecular complexity index is 860. The summed E-state index contributed by atoms with van der Waals surface area (Å²) in [5.41, 5.74) is 2.19. The summed E-state index contributed by atoms with van der Waals surface area (Å²) in [7, 11) is 0. The van der Waals surface area contributed by atoms with E-state index in [0.29, 0.717) is 0 Å². The summed E-state index contributed by atoms with van der Waals surface area (Å²) in [5.74, 6) is 3.43. The normalized spacial score (nSPS) is 15.6. The molecule has 0 amide bonds. The van der Waals surface area contributed by atoms with Crippen molar-refractivity contribution in [2.45, 2.75) is 27.3 Å². The molecule has 4 rings (SSSR count). The molecule has 26 heavy (non-hydrogen) atoms. The minimum absolute atomic E-state index is 0.756. The Labute approximate surface area is 152 Å².